The van der Waals surface area contributed by atoms with E-state index in [4.69, 9.17) is 11.6 Å². The van der Waals surface area contributed by atoms with Crippen LogP contribution in [0.5, 0.6) is 5.75 Å². The van der Waals surface area contributed by atoms with Gasteiger partial charge in [-0.2, -0.15) is 0 Å². The summed E-state index contributed by atoms with van der Waals surface area (Å²) in [4.78, 5) is 12.5. The number of phenols is 1. The molecule has 0 fully saturated rings. The van der Waals surface area contributed by atoms with E-state index in [9.17, 15) is 18.3 Å². The number of rotatable bonds is 8. The lowest BCUT2D eigenvalue weighted by Crippen LogP contribution is -2.15. The summed E-state index contributed by atoms with van der Waals surface area (Å²) in [6.45, 7) is 4.18. The number of nitrogens with zero attached hydrogens (tertiary/aromatic N) is 3. The SMILES string of the molecule is CCn1c(CS(=O)(=O)c2ccc(C)cc2)nnc1SCC(=O)Nc1cc(Cl)ccc1O. The van der Waals surface area contributed by atoms with Crippen LogP contribution in [0.15, 0.2) is 52.5 Å². The Balaban J connectivity index is 1.69. The van der Waals surface area contributed by atoms with E-state index in [2.05, 4.69) is 15.5 Å². The third kappa shape index (κ3) is 5.78. The first-order valence-corrected chi connectivity index (χ1v) is 12.3. The molecular formula is C20H21ClN4O4S2. The summed E-state index contributed by atoms with van der Waals surface area (Å²) in [6.07, 6.45) is 0. The van der Waals surface area contributed by atoms with Gasteiger partial charge < -0.3 is 15.0 Å². The predicted molar refractivity (Wildman–Crippen MR) is 120 cm³/mol. The van der Waals surface area contributed by atoms with E-state index >= 15 is 0 Å². The van der Waals surface area contributed by atoms with Gasteiger partial charge in [0.1, 0.15) is 17.3 Å². The molecule has 0 aliphatic heterocycles. The van der Waals surface area contributed by atoms with E-state index < -0.39 is 9.84 Å². The van der Waals surface area contributed by atoms with Crippen LogP contribution in [0.2, 0.25) is 5.02 Å². The van der Waals surface area contributed by atoms with Crippen LogP contribution in [0.3, 0.4) is 0 Å². The third-order valence-electron chi connectivity index (χ3n) is 4.37. The summed E-state index contributed by atoms with van der Waals surface area (Å²) in [5, 5.41) is 21.3. The number of hydrogen-bond acceptors (Lipinski definition) is 7. The standard InChI is InChI=1S/C20H21ClN4O4S2/c1-3-25-18(12-31(28,29)15-7-4-13(2)5-8-15)23-24-20(25)30-11-19(27)22-16-10-14(21)6-9-17(16)26/h4-10,26H,3,11-12H2,1-2H3,(H,22,27). The minimum absolute atomic E-state index is 0.00516. The second-order valence-electron chi connectivity index (χ2n) is 6.71. The molecule has 0 radical (unpaired) electrons. The van der Waals surface area contributed by atoms with Crippen molar-refractivity contribution in [3.63, 3.8) is 0 Å². The summed E-state index contributed by atoms with van der Waals surface area (Å²) < 4.78 is 27.1. The van der Waals surface area contributed by atoms with Crippen molar-refractivity contribution < 1.29 is 18.3 Å². The van der Waals surface area contributed by atoms with Crippen LogP contribution in [0, 0.1) is 6.92 Å². The number of anilines is 1. The van der Waals surface area contributed by atoms with E-state index in [1.54, 1.807) is 28.8 Å². The quantitative estimate of drug-likeness (QED) is 0.373. The number of sulfone groups is 1. The molecule has 164 valence electrons. The monoisotopic (exact) mass is 480 g/mol. The van der Waals surface area contributed by atoms with Gasteiger partial charge in [-0.25, -0.2) is 8.42 Å². The van der Waals surface area contributed by atoms with Crippen LogP contribution in [0.1, 0.15) is 18.3 Å². The van der Waals surface area contributed by atoms with Crippen LogP contribution in [-0.4, -0.2) is 39.9 Å². The average Bonchev–Trinajstić information content (AvgIpc) is 3.10. The Kier molecular flexibility index (Phi) is 7.24. The van der Waals surface area contributed by atoms with Crippen molar-refractivity contribution in [1.82, 2.24) is 14.8 Å². The van der Waals surface area contributed by atoms with Gasteiger partial charge in [0.15, 0.2) is 15.0 Å². The minimum atomic E-state index is -3.58. The molecule has 1 aromatic heterocycles. The highest BCUT2D eigenvalue weighted by Gasteiger charge is 2.21. The van der Waals surface area contributed by atoms with Crippen molar-refractivity contribution in [1.29, 1.82) is 0 Å². The predicted octanol–water partition coefficient (Wildman–Crippen LogP) is 3.67. The highest BCUT2D eigenvalue weighted by molar-refractivity contribution is 7.99. The Bertz CT molecular complexity index is 1190. The van der Waals surface area contributed by atoms with Crippen molar-refractivity contribution in [2.24, 2.45) is 0 Å². The second kappa shape index (κ2) is 9.71. The lowest BCUT2D eigenvalue weighted by atomic mass is 10.2. The lowest BCUT2D eigenvalue weighted by Gasteiger charge is -2.09. The Morgan fingerprint density at radius 3 is 2.58 bits per heavy atom. The van der Waals surface area contributed by atoms with Gasteiger partial charge in [0.2, 0.25) is 5.91 Å². The fraction of sp³-hybridized carbons (Fsp3) is 0.250. The molecule has 0 aliphatic carbocycles. The molecule has 0 saturated carbocycles. The zero-order chi connectivity index (χ0) is 22.6. The molecule has 1 amide bonds. The Labute approximate surface area is 189 Å². The highest BCUT2D eigenvalue weighted by atomic mass is 35.5. The Morgan fingerprint density at radius 1 is 1.19 bits per heavy atom. The molecular weight excluding hydrogens is 460 g/mol. The smallest absolute Gasteiger partial charge is 0.234 e. The van der Waals surface area contributed by atoms with Gasteiger partial charge in [-0.15, -0.1) is 10.2 Å². The van der Waals surface area contributed by atoms with Crippen molar-refractivity contribution in [3.8, 4) is 5.75 Å². The molecule has 8 nitrogen and oxygen atoms in total. The first kappa shape index (κ1) is 23.1. The van der Waals surface area contributed by atoms with Crippen LogP contribution in [0.4, 0.5) is 5.69 Å². The molecule has 3 aromatic rings. The van der Waals surface area contributed by atoms with Crippen molar-refractivity contribution in [2.75, 3.05) is 11.1 Å². The molecule has 0 bridgehead atoms. The fourth-order valence-corrected chi connectivity index (χ4v) is 5.04. The number of hydrogen-bond donors (Lipinski definition) is 2. The number of aromatic hydroxyl groups is 1. The van der Waals surface area contributed by atoms with Gasteiger partial charge in [-0.05, 0) is 44.2 Å². The molecule has 1 heterocycles. The maximum absolute atomic E-state index is 12.7. The maximum Gasteiger partial charge on any atom is 0.234 e. The highest BCUT2D eigenvalue weighted by Crippen LogP contribution is 2.27. The fourth-order valence-electron chi connectivity index (χ4n) is 2.77. The van der Waals surface area contributed by atoms with Crippen LogP contribution in [-0.2, 0) is 26.9 Å². The lowest BCUT2D eigenvalue weighted by molar-refractivity contribution is -0.113. The van der Waals surface area contributed by atoms with Gasteiger partial charge >= 0.3 is 0 Å². The molecule has 0 aliphatic rings. The van der Waals surface area contributed by atoms with Gasteiger partial charge in [-0.3, -0.25) is 4.79 Å². The van der Waals surface area contributed by atoms with E-state index in [0.29, 0.717) is 22.5 Å². The number of carbonyl (C=O) groups excluding carboxylic acids is 1. The van der Waals surface area contributed by atoms with Gasteiger partial charge in [0.25, 0.3) is 0 Å². The number of halogens is 1. The Morgan fingerprint density at radius 2 is 1.90 bits per heavy atom. The van der Waals surface area contributed by atoms with E-state index in [0.717, 1.165) is 17.3 Å². The minimum Gasteiger partial charge on any atom is -0.506 e. The van der Waals surface area contributed by atoms with Crippen molar-refractivity contribution in [3.05, 3.63) is 58.9 Å². The normalized spacial score (nSPS) is 11.5. The number of thioether (sulfide) groups is 1. The van der Waals surface area contributed by atoms with E-state index in [-0.39, 0.29) is 33.7 Å². The van der Waals surface area contributed by atoms with Crippen LogP contribution < -0.4 is 5.32 Å². The molecule has 2 aromatic carbocycles. The zero-order valence-electron chi connectivity index (χ0n) is 16.9. The maximum atomic E-state index is 12.7. The number of phenolic OH excluding ortho intramolecular Hbond substituents is 1. The van der Waals surface area contributed by atoms with Gasteiger partial charge in [0, 0.05) is 11.6 Å². The van der Waals surface area contributed by atoms with Gasteiger partial charge in [0.05, 0.1) is 16.3 Å². The largest absolute Gasteiger partial charge is 0.506 e. The number of aromatic nitrogens is 3. The summed E-state index contributed by atoms with van der Waals surface area (Å²) >= 11 is 7.00. The first-order chi connectivity index (χ1) is 14.7. The summed E-state index contributed by atoms with van der Waals surface area (Å²) in [5.41, 5.74) is 1.18. The number of amides is 1. The number of carbonyl (C=O) groups is 1. The number of nitrogens with one attached hydrogen (secondary N) is 1. The second-order valence-corrected chi connectivity index (χ2v) is 10.1. The van der Waals surface area contributed by atoms with Crippen LogP contribution >= 0.6 is 23.4 Å². The van der Waals surface area contributed by atoms with E-state index in [1.807, 2.05) is 13.8 Å². The van der Waals surface area contributed by atoms with Crippen LogP contribution in [0.25, 0.3) is 0 Å². The summed E-state index contributed by atoms with van der Waals surface area (Å²) in [6, 6.07) is 11.0. The molecule has 11 heteroatoms. The summed E-state index contributed by atoms with van der Waals surface area (Å²) in [7, 11) is -3.58. The van der Waals surface area contributed by atoms with Crippen molar-refractivity contribution in [2.45, 2.75) is 36.2 Å². The molecule has 0 unspecified atom stereocenters. The average molecular weight is 481 g/mol. The Hall–Kier alpha value is -2.56. The number of aryl methyl sites for hydroxylation is 1. The zero-order valence-corrected chi connectivity index (χ0v) is 19.3. The molecule has 31 heavy (non-hydrogen) atoms. The topological polar surface area (TPSA) is 114 Å². The summed E-state index contributed by atoms with van der Waals surface area (Å²) in [5.74, 6) is -0.460. The molecule has 0 saturated heterocycles. The molecule has 0 atom stereocenters. The number of benzene rings is 2. The van der Waals surface area contributed by atoms with Crippen molar-refractivity contribution >= 4 is 44.8 Å². The van der Waals surface area contributed by atoms with E-state index in [1.165, 1.54) is 18.2 Å². The molecule has 0 spiro atoms. The molecule has 3 rings (SSSR count). The molecule has 2 N–H and O–H groups in total. The first-order valence-electron chi connectivity index (χ1n) is 9.32. The van der Waals surface area contributed by atoms with Gasteiger partial charge in [-0.1, -0.05) is 41.1 Å². The third-order valence-corrected chi connectivity index (χ3v) is 7.20.